The lowest BCUT2D eigenvalue weighted by Gasteiger charge is -2.48. The number of rotatable bonds is 0. The van der Waals surface area contributed by atoms with Crippen LogP contribution in [0.2, 0.25) is 0 Å². The fourth-order valence-corrected chi connectivity index (χ4v) is 4.18. The van der Waals surface area contributed by atoms with E-state index >= 15 is 0 Å². The third kappa shape index (κ3) is 0.389. The molecule has 0 N–H and O–H groups in total. The summed E-state index contributed by atoms with van der Waals surface area (Å²) in [6.45, 7) is 0. The first-order chi connectivity index (χ1) is 4.73. The van der Waals surface area contributed by atoms with E-state index in [9.17, 15) is 0 Å². The van der Waals surface area contributed by atoms with Crippen molar-refractivity contribution in [1.29, 1.82) is 0 Å². The molecular formula is C8H10Cl2. The lowest BCUT2D eigenvalue weighted by molar-refractivity contribution is 0.137. The van der Waals surface area contributed by atoms with Gasteiger partial charge in [0.15, 0.2) is 0 Å². The van der Waals surface area contributed by atoms with Gasteiger partial charge in [0, 0.05) is 0 Å². The number of halogens is 2. The fourth-order valence-electron chi connectivity index (χ4n) is 2.83. The molecule has 0 aromatic carbocycles. The van der Waals surface area contributed by atoms with Crippen LogP contribution < -0.4 is 0 Å². The molecule has 10 heavy (non-hydrogen) atoms. The number of alkyl halides is 2. The average molecular weight is 177 g/mol. The molecule has 0 bridgehead atoms. The first-order valence-corrected chi connectivity index (χ1v) is 4.88. The van der Waals surface area contributed by atoms with Crippen LogP contribution in [0.25, 0.3) is 0 Å². The van der Waals surface area contributed by atoms with Crippen molar-refractivity contribution in [3.05, 3.63) is 0 Å². The first-order valence-electron chi connectivity index (χ1n) is 4.01. The van der Waals surface area contributed by atoms with Gasteiger partial charge in [0.05, 0.1) is 10.8 Å². The van der Waals surface area contributed by atoms with Gasteiger partial charge in [0.1, 0.15) is 0 Å². The van der Waals surface area contributed by atoms with Crippen molar-refractivity contribution in [3.63, 3.8) is 0 Å². The second kappa shape index (κ2) is 1.38. The normalized spacial score (nSPS) is 51.0. The Morgan fingerprint density at radius 2 is 1.10 bits per heavy atom. The van der Waals surface area contributed by atoms with Crippen LogP contribution in [0.3, 0.4) is 0 Å². The van der Waals surface area contributed by atoms with Crippen LogP contribution >= 0.6 is 23.2 Å². The van der Waals surface area contributed by atoms with E-state index in [2.05, 4.69) is 0 Å². The molecule has 2 atom stereocenters. The lowest BCUT2D eigenvalue weighted by atomic mass is 9.66. The summed E-state index contributed by atoms with van der Waals surface area (Å²) in [6.07, 6.45) is 5.41. The van der Waals surface area contributed by atoms with E-state index in [0.717, 1.165) is 0 Å². The molecule has 0 radical (unpaired) electrons. The van der Waals surface area contributed by atoms with Gasteiger partial charge in [-0.15, -0.1) is 23.2 Å². The van der Waals surface area contributed by atoms with Crippen molar-refractivity contribution in [2.45, 2.75) is 36.4 Å². The van der Waals surface area contributed by atoms with Crippen molar-refractivity contribution in [2.75, 3.05) is 0 Å². The maximum atomic E-state index is 6.15. The van der Waals surface area contributed by atoms with Crippen LogP contribution in [-0.4, -0.2) is 10.8 Å². The molecule has 0 amide bonds. The highest BCUT2D eigenvalue weighted by atomic mass is 35.5. The largest absolute Gasteiger partial charge is 0.121 e. The Labute approximate surface area is 70.9 Å². The molecule has 2 heteroatoms. The van der Waals surface area contributed by atoms with Gasteiger partial charge < -0.3 is 0 Å². The predicted molar refractivity (Wildman–Crippen MR) is 42.6 cm³/mol. The molecule has 0 nitrogen and oxygen atoms in total. The first kappa shape index (κ1) is 6.14. The molecule has 3 aliphatic rings. The van der Waals surface area contributed by atoms with Gasteiger partial charge in [-0.05, 0) is 36.5 Å². The molecule has 0 saturated heterocycles. The highest BCUT2D eigenvalue weighted by Gasteiger charge is 2.80. The Bertz CT molecular complexity index is 169. The molecule has 0 aromatic rings. The zero-order valence-electron chi connectivity index (χ0n) is 5.74. The minimum atomic E-state index is 0.302. The Kier molecular flexibility index (Phi) is 0.849. The summed E-state index contributed by atoms with van der Waals surface area (Å²) in [4.78, 5) is 0. The number of hydrogen-bond donors (Lipinski definition) is 0. The molecular weight excluding hydrogens is 167 g/mol. The van der Waals surface area contributed by atoms with E-state index in [4.69, 9.17) is 23.2 Å². The summed E-state index contributed by atoms with van der Waals surface area (Å²) in [7, 11) is 0. The summed E-state index contributed by atoms with van der Waals surface area (Å²) in [5, 5.41) is 0.605. The SMILES string of the molecule is Cl[C@@H]1[C@@H](Cl)C2(CC2)C12CC2. The number of hydrogen-bond acceptors (Lipinski definition) is 0. The quantitative estimate of drug-likeness (QED) is 0.499. The summed E-state index contributed by atoms with van der Waals surface area (Å²) in [5.41, 5.74) is 1.09. The van der Waals surface area contributed by atoms with Crippen molar-refractivity contribution in [3.8, 4) is 0 Å². The van der Waals surface area contributed by atoms with Gasteiger partial charge in [-0.1, -0.05) is 0 Å². The summed E-state index contributed by atoms with van der Waals surface area (Å²) < 4.78 is 0. The van der Waals surface area contributed by atoms with Crippen molar-refractivity contribution in [2.24, 2.45) is 10.8 Å². The summed E-state index contributed by atoms with van der Waals surface area (Å²) >= 11 is 12.3. The molecule has 3 rings (SSSR count). The van der Waals surface area contributed by atoms with E-state index in [1.807, 2.05) is 0 Å². The highest BCUT2D eigenvalue weighted by molar-refractivity contribution is 6.33. The van der Waals surface area contributed by atoms with Crippen LogP contribution in [0.15, 0.2) is 0 Å². The van der Waals surface area contributed by atoms with E-state index in [1.54, 1.807) is 0 Å². The smallest absolute Gasteiger partial charge is 0.0567 e. The third-order valence-electron chi connectivity index (χ3n) is 3.88. The molecule has 0 unspecified atom stereocenters. The van der Waals surface area contributed by atoms with Crippen LogP contribution in [0, 0.1) is 10.8 Å². The van der Waals surface area contributed by atoms with Gasteiger partial charge in [-0.25, -0.2) is 0 Å². The van der Waals surface area contributed by atoms with E-state index in [-0.39, 0.29) is 0 Å². The summed E-state index contributed by atoms with van der Waals surface area (Å²) in [6, 6.07) is 0. The van der Waals surface area contributed by atoms with Gasteiger partial charge in [0.25, 0.3) is 0 Å². The van der Waals surface area contributed by atoms with E-state index < -0.39 is 0 Å². The van der Waals surface area contributed by atoms with Gasteiger partial charge in [-0.2, -0.15) is 0 Å². The molecule has 2 spiro atoms. The highest BCUT2D eigenvalue weighted by Crippen LogP contribution is 2.83. The molecule has 0 aliphatic heterocycles. The maximum absolute atomic E-state index is 6.15. The Morgan fingerprint density at radius 1 is 0.800 bits per heavy atom. The second-order valence-electron chi connectivity index (χ2n) is 4.12. The van der Waals surface area contributed by atoms with Crippen molar-refractivity contribution in [1.82, 2.24) is 0 Å². The van der Waals surface area contributed by atoms with Gasteiger partial charge in [-0.3, -0.25) is 0 Å². The predicted octanol–water partition coefficient (Wildman–Crippen LogP) is 2.78. The van der Waals surface area contributed by atoms with Crippen LogP contribution in [0.5, 0.6) is 0 Å². The Balaban J connectivity index is 1.98. The standard InChI is InChI=1S/C8H10Cl2/c9-5-6(10)8(3-4-8)7(5)1-2-7/h5-6H,1-4H2/t5-,6-/m1/s1. The zero-order valence-corrected chi connectivity index (χ0v) is 7.25. The molecule has 56 valence electrons. The fraction of sp³-hybridized carbons (Fsp3) is 1.00. The van der Waals surface area contributed by atoms with Crippen LogP contribution in [0.1, 0.15) is 25.7 Å². The molecule has 3 aliphatic carbocycles. The minimum absolute atomic E-state index is 0.302. The molecule has 0 aromatic heterocycles. The molecule has 0 heterocycles. The van der Waals surface area contributed by atoms with Gasteiger partial charge in [0.2, 0.25) is 0 Å². The van der Waals surface area contributed by atoms with E-state index in [1.165, 1.54) is 25.7 Å². The second-order valence-corrected chi connectivity index (χ2v) is 5.06. The van der Waals surface area contributed by atoms with Crippen LogP contribution in [-0.2, 0) is 0 Å². The van der Waals surface area contributed by atoms with Crippen LogP contribution in [0.4, 0.5) is 0 Å². The molecule has 3 saturated carbocycles. The Morgan fingerprint density at radius 3 is 1.30 bits per heavy atom. The minimum Gasteiger partial charge on any atom is -0.121 e. The number of fused-ring (bicyclic) bond motifs is 1. The van der Waals surface area contributed by atoms with Crippen molar-refractivity contribution < 1.29 is 0 Å². The third-order valence-corrected chi connectivity index (χ3v) is 5.35. The van der Waals surface area contributed by atoms with Gasteiger partial charge >= 0.3 is 0 Å². The lowest BCUT2D eigenvalue weighted by Crippen LogP contribution is -2.53. The van der Waals surface area contributed by atoms with Crippen molar-refractivity contribution >= 4 is 23.2 Å². The zero-order chi connectivity index (χ0) is 6.98. The average Bonchev–Trinajstić information content (AvgIpc) is 2.74. The van der Waals surface area contributed by atoms with E-state index in [0.29, 0.717) is 21.6 Å². The molecule has 3 fully saturated rings. The monoisotopic (exact) mass is 176 g/mol. The Hall–Kier alpha value is 0.580. The topological polar surface area (TPSA) is 0 Å². The summed E-state index contributed by atoms with van der Waals surface area (Å²) in [5.74, 6) is 0. The maximum Gasteiger partial charge on any atom is 0.0567 e.